The highest BCUT2D eigenvalue weighted by Crippen LogP contribution is 2.34. The molecule has 1 saturated carbocycles. The first kappa shape index (κ1) is 13.7. The molecule has 0 saturated heterocycles. The zero-order valence-corrected chi connectivity index (χ0v) is 9.61. The second-order valence-corrected chi connectivity index (χ2v) is 3.42. The summed E-state index contributed by atoms with van der Waals surface area (Å²) >= 11 is 0. The predicted octanol–water partition coefficient (Wildman–Crippen LogP) is 2.65. The van der Waals surface area contributed by atoms with Gasteiger partial charge in [-0.15, -0.1) is 24.8 Å². The van der Waals surface area contributed by atoms with E-state index in [1.54, 1.807) is 0 Å². The van der Waals surface area contributed by atoms with Crippen molar-refractivity contribution in [3.05, 3.63) is 29.6 Å². The van der Waals surface area contributed by atoms with E-state index in [9.17, 15) is 0 Å². The van der Waals surface area contributed by atoms with Crippen LogP contribution in [0.25, 0.3) is 0 Å². The van der Waals surface area contributed by atoms with Gasteiger partial charge in [-0.2, -0.15) is 0 Å². The van der Waals surface area contributed by atoms with Crippen LogP contribution >= 0.6 is 24.8 Å². The summed E-state index contributed by atoms with van der Waals surface area (Å²) in [7, 11) is 0. The zero-order valence-electron chi connectivity index (χ0n) is 7.98. The maximum Gasteiger partial charge on any atom is 0.0434 e. The highest BCUT2D eigenvalue weighted by atomic mass is 35.5. The van der Waals surface area contributed by atoms with Crippen LogP contribution in [0.3, 0.4) is 0 Å². The van der Waals surface area contributed by atoms with Gasteiger partial charge in [0.25, 0.3) is 0 Å². The minimum atomic E-state index is 0. The molecule has 1 fully saturated rings. The van der Waals surface area contributed by atoms with Gasteiger partial charge in [-0.05, 0) is 24.5 Å². The van der Waals surface area contributed by atoms with E-state index in [-0.39, 0.29) is 24.8 Å². The Bertz CT molecular complexity index is 257. The summed E-state index contributed by atoms with van der Waals surface area (Å²) in [6.45, 7) is 0.595. The molecule has 1 aliphatic rings. The third-order valence-corrected chi connectivity index (χ3v) is 2.61. The van der Waals surface area contributed by atoms with Crippen LogP contribution in [0.2, 0.25) is 0 Å². The first-order valence-electron chi connectivity index (χ1n) is 4.55. The van der Waals surface area contributed by atoms with E-state index in [4.69, 9.17) is 5.73 Å². The lowest BCUT2D eigenvalue weighted by atomic mass is 9.82. The SMILES string of the molecule is Cl.Cl.NCc1ccc(C2CCC2)nc1. The molecule has 0 radical (unpaired) electrons. The highest BCUT2D eigenvalue weighted by Gasteiger charge is 2.20. The maximum atomic E-state index is 5.48. The summed E-state index contributed by atoms with van der Waals surface area (Å²) in [4.78, 5) is 4.39. The van der Waals surface area contributed by atoms with E-state index >= 15 is 0 Å². The van der Waals surface area contributed by atoms with Crippen molar-refractivity contribution in [2.75, 3.05) is 0 Å². The molecule has 1 aromatic heterocycles. The Labute approximate surface area is 97.1 Å². The molecule has 2 rings (SSSR count). The fourth-order valence-electron chi connectivity index (χ4n) is 1.50. The topological polar surface area (TPSA) is 38.9 Å². The van der Waals surface area contributed by atoms with E-state index < -0.39 is 0 Å². The molecule has 0 atom stereocenters. The van der Waals surface area contributed by atoms with Gasteiger partial charge in [-0.3, -0.25) is 4.98 Å². The van der Waals surface area contributed by atoms with Crippen LogP contribution in [-0.2, 0) is 6.54 Å². The second kappa shape index (κ2) is 6.23. The molecule has 1 heterocycles. The molecular weight excluding hydrogens is 219 g/mol. The lowest BCUT2D eigenvalue weighted by Gasteiger charge is -2.24. The monoisotopic (exact) mass is 234 g/mol. The van der Waals surface area contributed by atoms with Gasteiger partial charge in [0.2, 0.25) is 0 Å². The quantitative estimate of drug-likeness (QED) is 0.855. The predicted molar refractivity (Wildman–Crippen MR) is 63.2 cm³/mol. The Hall–Kier alpha value is -0.310. The first-order valence-corrected chi connectivity index (χ1v) is 4.55. The maximum absolute atomic E-state index is 5.48. The second-order valence-electron chi connectivity index (χ2n) is 3.42. The van der Waals surface area contributed by atoms with Crippen LogP contribution in [0.4, 0.5) is 0 Å². The number of hydrogen-bond donors (Lipinski definition) is 1. The van der Waals surface area contributed by atoms with Gasteiger partial charge in [0.05, 0.1) is 0 Å². The molecular formula is C10H16Cl2N2. The average Bonchev–Trinajstić information content (AvgIpc) is 2.03. The molecule has 1 aliphatic carbocycles. The Balaban J connectivity index is 0.000000845. The zero-order chi connectivity index (χ0) is 8.39. The number of rotatable bonds is 2. The molecule has 14 heavy (non-hydrogen) atoms. The van der Waals surface area contributed by atoms with E-state index in [1.165, 1.54) is 25.0 Å². The third kappa shape index (κ3) is 2.84. The van der Waals surface area contributed by atoms with E-state index in [0.717, 1.165) is 11.5 Å². The molecule has 80 valence electrons. The van der Waals surface area contributed by atoms with E-state index in [2.05, 4.69) is 17.1 Å². The minimum absolute atomic E-state index is 0. The number of pyridine rings is 1. The summed E-state index contributed by atoms with van der Waals surface area (Å²) in [5.41, 5.74) is 7.85. The number of nitrogens with two attached hydrogens (primary N) is 1. The Morgan fingerprint density at radius 1 is 1.29 bits per heavy atom. The van der Waals surface area contributed by atoms with Crippen LogP contribution in [0.1, 0.15) is 36.4 Å². The standard InChI is InChI=1S/C10H14N2.2ClH/c11-6-8-4-5-10(12-7-8)9-2-1-3-9;;/h4-5,7,9H,1-3,6,11H2;2*1H. The van der Waals surface area contributed by atoms with Crippen molar-refractivity contribution in [3.63, 3.8) is 0 Å². The molecule has 4 heteroatoms. The molecule has 0 aliphatic heterocycles. The van der Waals surface area contributed by atoms with Crippen molar-refractivity contribution in [2.45, 2.75) is 31.7 Å². The van der Waals surface area contributed by atoms with Crippen LogP contribution in [0.15, 0.2) is 18.3 Å². The van der Waals surface area contributed by atoms with Crippen molar-refractivity contribution >= 4 is 24.8 Å². The number of hydrogen-bond acceptors (Lipinski definition) is 2. The summed E-state index contributed by atoms with van der Waals surface area (Å²) in [5.74, 6) is 0.733. The molecule has 0 spiro atoms. The Morgan fingerprint density at radius 3 is 2.36 bits per heavy atom. The minimum Gasteiger partial charge on any atom is -0.326 e. The number of halogens is 2. The van der Waals surface area contributed by atoms with Gasteiger partial charge in [-0.25, -0.2) is 0 Å². The molecule has 0 unspecified atom stereocenters. The molecule has 0 amide bonds. The van der Waals surface area contributed by atoms with Gasteiger partial charge in [0.15, 0.2) is 0 Å². The molecule has 2 nitrogen and oxygen atoms in total. The van der Waals surface area contributed by atoms with Crippen molar-refractivity contribution in [1.29, 1.82) is 0 Å². The van der Waals surface area contributed by atoms with E-state index in [0.29, 0.717) is 6.54 Å². The lowest BCUT2D eigenvalue weighted by Crippen LogP contribution is -2.10. The molecule has 1 aromatic rings. The normalized spacial score (nSPS) is 14.9. The van der Waals surface area contributed by atoms with Gasteiger partial charge in [0, 0.05) is 24.4 Å². The molecule has 2 N–H and O–H groups in total. The third-order valence-electron chi connectivity index (χ3n) is 2.61. The highest BCUT2D eigenvalue weighted by molar-refractivity contribution is 5.85. The lowest BCUT2D eigenvalue weighted by molar-refractivity contribution is 0.411. The fourth-order valence-corrected chi connectivity index (χ4v) is 1.50. The smallest absolute Gasteiger partial charge is 0.0434 e. The van der Waals surface area contributed by atoms with Crippen molar-refractivity contribution < 1.29 is 0 Å². The summed E-state index contributed by atoms with van der Waals surface area (Å²) in [5, 5.41) is 0. The number of aromatic nitrogens is 1. The van der Waals surface area contributed by atoms with Gasteiger partial charge < -0.3 is 5.73 Å². The average molecular weight is 235 g/mol. The summed E-state index contributed by atoms with van der Waals surface area (Å²) in [6.07, 6.45) is 5.89. The Kier molecular flexibility index (Phi) is 6.09. The van der Waals surface area contributed by atoms with Crippen molar-refractivity contribution in [2.24, 2.45) is 5.73 Å². The van der Waals surface area contributed by atoms with Crippen LogP contribution in [0.5, 0.6) is 0 Å². The van der Waals surface area contributed by atoms with Crippen LogP contribution in [0, 0.1) is 0 Å². The Morgan fingerprint density at radius 2 is 2.00 bits per heavy atom. The first-order chi connectivity index (χ1) is 5.90. The van der Waals surface area contributed by atoms with Crippen molar-refractivity contribution in [1.82, 2.24) is 4.98 Å². The van der Waals surface area contributed by atoms with Crippen LogP contribution in [-0.4, -0.2) is 4.98 Å². The van der Waals surface area contributed by atoms with Crippen molar-refractivity contribution in [3.8, 4) is 0 Å². The largest absolute Gasteiger partial charge is 0.326 e. The van der Waals surface area contributed by atoms with Gasteiger partial charge in [0.1, 0.15) is 0 Å². The molecule has 0 bridgehead atoms. The van der Waals surface area contributed by atoms with Gasteiger partial charge in [-0.1, -0.05) is 12.5 Å². The van der Waals surface area contributed by atoms with E-state index in [1.807, 2.05) is 6.20 Å². The summed E-state index contributed by atoms with van der Waals surface area (Å²) in [6, 6.07) is 4.20. The number of nitrogens with zero attached hydrogens (tertiary/aromatic N) is 1. The fraction of sp³-hybridized carbons (Fsp3) is 0.500. The summed E-state index contributed by atoms with van der Waals surface area (Å²) < 4.78 is 0. The van der Waals surface area contributed by atoms with Gasteiger partial charge >= 0.3 is 0 Å². The van der Waals surface area contributed by atoms with Crippen LogP contribution < -0.4 is 5.73 Å². The molecule has 0 aromatic carbocycles.